The number of carboxylic acid groups (broad SMARTS) is 1. The summed E-state index contributed by atoms with van der Waals surface area (Å²) in [4.78, 5) is 37.2. The Morgan fingerprint density at radius 1 is 1.15 bits per heavy atom. The molecule has 0 unspecified atom stereocenters. The molecule has 1 aliphatic rings. The Morgan fingerprint density at radius 3 is 2.46 bits per heavy atom. The van der Waals surface area contributed by atoms with E-state index in [2.05, 4.69) is 0 Å². The topological polar surface area (TPSA) is 86.7 Å². The molecule has 1 atom stereocenters. The van der Waals surface area contributed by atoms with Gasteiger partial charge in [0.15, 0.2) is 0 Å². The Labute approximate surface area is 151 Å². The van der Waals surface area contributed by atoms with Gasteiger partial charge in [0, 0.05) is 6.42 Å². The highest BCUT2D eigenvalue weighted by Gasteiger charge is 2.40. The Kier molecular flexibility index (Phi) is 4.75. The van der Waals surface area contributed by atoms with Crippen LogP contribution in [0.25, 0.3) is 0 Å². The van der Waals surface area contributed by atoms with Gasteiger partial charge in [-0.15, -0.1) is 0 Å². The van der Waals surface area contributed by atoms with E-state index in [0.717, 1.165) is 10.5 Å². The molecule has 1 fully saturated rings. The molecule has 0 aliphatic carbocycles. The minimum absolute atomic E-state index is 0.0404. The van der Waals surface area contributed by atoms with E-state index >= 15 is 0 Å². The fourth-order valence-electron chi connectivity index (χ4n) is 2.99. The largest absolute Gasteiger partial charge is 0.545 e. The van der Waals surface area contributed by atoms with Crippen LogP contribution >= 0.6 is 0 Å². The molecule has 2 aromatic carbocycles. The second-order valence-electron chi connectivity index (χ2n) is 6.40. The number of hydrogen-bond acceptors (Lipinski definition) is 5. The molecule has 0 N–H and O–H groups in total. The number of nitrogens with zero attached hydrogens (tertiary/aromatic N) is 1. The lowest BCUT2D eigenvalue weighted by atomic mass is 9.97. The highest BCUT2D eigenvalue weighted by Crippen LogP contribution is 2.34. The normalized spacial score (nSPS) is 17.0. The highest BCUT2D eigenvalue weighted by atomic mass is 16.5. The number of anilines is 1. The number of rotatable bonds is 5. The maximum absolute atomic E-state index is 12.8. The summed E-state index contributed by atoms with van der Waals surface area (Å²) in [7, 11) is 0. The number of imide groups is 1. The fourth-order valence-corrected chi connectivity index (χ4v) is 2.99. The maximum Gasteiger partial charge on any atom is 0.241 e. The molecule has 2 amide bonds. The molecule has 2 aromatic rings. The van der Waals surface area contributed by atoms with Gasteiger partial charge in [-0.1, -0.05) is 24.3 Å². The summed E-state index contributed by atoms with van der Waals surface area (Å²) in [5.41, 5.74) is 0.878. The van der Waals surface area contributed by atoms with Gasteiger partial charge >= 0.3 is 0 Å². The third-order valence-corrected chi connectivity index (χ3v) is 4.14. The van der Waals surface area contributed by atoms with Crippen LogP contribution in [0.2, 0.25) is 0 Å². The van der Waals surface area contributed by atoms with Crippen LogP contribution in [0.3, 0.4) is 0 Å². The van der Waals surface area contributed by atoms with E-state index in [1.807, 2.05) is 13.8 Å². The van der Waals surface area contributed by atoms with E-state index in [1.165, 1.54) is 24.3 Å². The average molecular weight is 352 g/mol. The molecule has 0 bridgehead atoms. The summed E-state index contributed by atoms with van der Waals surface area (Å²) in [6.45, 7) is 3.84. The van der Waals surface area contributed by atoms with Crippen molar-refractivity contribution in [3.8, 4) is 5.75 Å². The smallest absolute Gasteiger partial charge is 0.241 e. The zero-order valence-electron chi connectivity index (χ0n) is 14.5. The fraction of sp³-hybridized carbons (Fsp3) is 0.250. The van der Waals surface area contributed by atoms with Crippen molar-refractivity contribution in [1.29, 1.82) is 0 Å². The van der Waals surface area contributed by atoms with E-state index in [1.54, 1.807) is 24.3 Å². The quantitative estimate of drug-likeness (QED) is 0.767. The van der Waals surface area contributed by atoms with Crippen molar-refractivity contribution in [2.24, 2.45) is 0 Å². The first-order chi connectivity index (χ1) is 12.4. The molecular weight excluding hydrogens is 334 g/mol. The molecule has 1 aliphatic heterocycles. The summed E-state index contributed by atoms with van der Waals surface area (Å²) in [6.07, 6.45) is 0.0840. The highest BCUT2D eigenvalue weighted by molar-refractivity contribution is 6.22. The molecule has 6 nitrogen and oxygen atoms in total. The average Bonchev–Trinajstić information content (AvgIpc) is 2.89. The van der Waals surface area contributed by atoms with E-state index in [-0.39, 0.29) is 35.6 Å². The Morgan fingerprint density at radius 2 is 1.85 bits per heavy atom. The minimum atomic E-state index is -1.36. The lowest BCUT2D eigenvalue weighted by Gasteiger charge is -2.17. The maximum atomic E-state index is 12.8. The summed E-state index contributed by atoms with van der Waals surface area (Å²) >= 11 is 0. The molecule has 26 heavy (non-hydrogen) atoms. The van der Waals surface area contributed by atoms with Gasteiger partial charge in [0.25, 0.3) is 0 Å². The van der Waals surface area contributed by atoms with Crippen LogP contribution in [0.5, 0.6) is 5.75 Å². The minimum Gasteiger partial charge on any atom is -0.545 e. The van der Waals surface area contributed by atoms with Crippen molar-refractivity contribution < 1.29 is 24.2 Å². The number of hydrogen-bond donors (Lipinski definition) is 0. The van der Waals surface area contributed by atoms with Crippen molar-refractivity contribution in [1.82, 2.24) is 0 Å². The molecule has 6 heteroatoms. The van der Waals surface area contributed by atoms with Gasteiger partial charge in [0.2, 0.25) is 11.8 Å². The Hall–Kier alpha value is -3.15. The number of carbonyl (C=O) groups excluding carboxylic acids is 3. The lowest BCUT2D eigenvalue weighted by Crippen LogP contribution is -2.30. The van der Waals surface area contributed by atoms with E-state index in [4.69, 9.17) is 4.74 Å². The van der Waals surface area contributed by atoms with Crippen molar-refractivity contribution >= 4 is 23.5 Å². The number of carbonyl (C=O) groups is 3. The van der Waals surface area contributed by atoms with Gasteiger partial charge in [-0.2, -0.15) is 0 Å². The molecule has 1 heterocycles. The van der Waals surface area contributed by atoms with Gasteiger partial charge < -0.3 is 14.6 Å². The lowest BCUT2D eigenvalue weighted by molar-refractivity contribution is -0.255. The van der Waals surface area contributed by atoms with Crippen LogP contribution < -0.4 is 14.7 Å². The predicted molar refractivity (Wildman–Crippen MR) is 92.8 cm³/mol. The molecule has 0 spiro atoms. The van der Waals surface area contributed by atoms with Crippen molar-refractivity contribution in [2.45, 2.75) is 32.3 Å². The standard InChI is InChI=1S/C20H19NO5/c1-12(2)26-16-8-6-13(7-9-16)17-11-18(22)21(19(17)23)15-5-3-4-14(10-15)20(24)25/h3-10,12,17H,11H2,1-2H3,(H,24,25)/p-1/t17-/m0/s1. The number of amides is 2. The third-order valence-electron chi connectivity index (χ3n) is 4.14. The summed E-state index contributed by atoms with van der Waals surface area (Å²) in [5.74, 6) is -1.99. The van der Waals surface area contributed by atoms with E-state index in [0.29, 0.717) is 5.75 Å². The molecule has 0 aromatic heterocycles. The van der Waals surface area contributed by atoms with Crippen molar-refractivity contribution in [2.75, 3.05) is 4.90 Å². The molecule has 1 saturated heterocycles. The van der Waals surface area contributed by atoms with Crippen LogP contribution in [0.1, 0.15) is 42.1 Å². The first kappa shape index (κ1) is 17.7. The van der Waals surface area contributed by atoms with Gasteiger partial charge in [-0.3, -0.25) is 9.59 Å². The Balaban J connectivity index is 1.85. The second kappa shape index (κ2) is 7.00. The molecule has 0 saturated carbocycles. The summed E-state index contributed by atoms with van der Waals surface area (Å²) < 4.78 is 5.58. The molecule has 0 radical (unpaired) electrons. The third kappa shape index (κ3) is 3.44. The molecule has 3 rings (SSSR count). The zero-order chi connectivity index (χ0) is 18.8. The SMILES string of the molecule is CC(C)Oc1ccc([C@@H]2CC(=O)N(c3cccc(C(=O)[O-])c3)C2=O)cc1. The van der Waals surface area contributed by atoms with Gasteiger partial charge in [0.05, 0.1) is 23.7 Å². The first-order valence-electron chi connectivity index (χ1n) is 8.31. The summed E-state index contributed by atoms with van der Waals surface area (Å²) in [5, 5.41) is 11.0. The number of aromatic carboxylic acids is 1. The second-order valence-corrected chi connectivity index (χ2v) is 6.40. The first-order valence-corrected chi connectivity index (χ1v) is 8.31. The Bertz CT molecular complexity index is 857. The zero-order valence-corrected chi connectivity index (χ0v) is 14.5. The van der Waals surface area contributed by atoms with Crippen LogP contribution in [0, 0.1) is 0 Å². The monoisotopic (exact) mass is 352 g/mol. The van der Waals surface area contributed by atoms with Gasteiger partial charge in [-0.05, 0) is 49.2 Å². The van der Waals surface area contributed by atoms with Crippen LogP contribution in [0.4, 0.5) is 5.69 Å². The van der Waals surface area contributed by atoms with Gasteiger partial charge in [-0.25, -0.2) is 4.90 Å². The van der Waals surface area contributed by atoms with E-state index < -0.39 is 11.9 Å². The summed E-state index contributed by atoms with van der Waals surface area (Å²) in [6, 6.07) is 12.7. The molecular formula is C20H18NO5-. The predicted octanol–water partition coefficient (Wildman–Crippen LogP) is 1.88. The number of ether oxygens (including phenoxy) is 1. The van der Waals surface area contributed by atoms with Crippen LogP contribution in [-0.4, -0.2) is 23.9 Å². The molecule has 134 valence electrons. The van der Waals surface area contributed by atoms with E-state index in [9.17, 15) is 19.5 Å². The van der Waals surface area contributed by atoms with Crippen LogP contribution in [0.15, 0.2) is 48.5 Å². The van der Waals surface area contributed by atoms with Crippen molar-refractivity contribution in [3.05, 3.63) is 59.7 Å². The number of benzene rings is 2. The van der Waals surface area contributed by atoms with Crippen molar-refractivity contribution in [3.63, 3.8) is 0 Å². The van der Waals surface area contributed by atoms with Gasteiger partial charge in [0.1, 0.15) is 5.75 Å². The number of carboxylic acids is 1. The van der Waals surface area contributed by atoms with Crippen LogP contribution in [-0.2, 0) is 9.59 Å².